The monoisotopic (exact) mass is 344 g/mol. The van der Waals surface area contributed by atoms with Gasteiger partial charge in [-0.25, -0.2) is 8.42 Å². The second kappa shape index (κ2) is 6.28. The molecule has 2 aromatic rings. The van der Waals surface area contributed by atoms with Crippen LogP contribution in [0.2, 0.25) is 0 Å². The van der Waals surface area contributed by atoms with Crippen molar-refractivity contribution in [1.82, 2.24) is 0 Å². The molecule has 1 amide bonds. The summed E-state index contributed by atoms with van der Waals surface area (Å²) < 4.78 is 27.4. The van der Waals surface area contributed by atoms with E-state index in [0.29, 0.717) is 11.4 Å². The van der Waals surface area contributed by atoms with Crippen LogP contribution in [0, 0.1) is 0 Å². The highest BCUT2D eigenvalue weighted by molar-refractivity contribution is 7.92. The van der Waals surface area contributed by atoms with Gasteiger partial charge in [-0.2, -0.15) is 0 Å². The van der Waals surface area contributed by atoms with Gasteiger partial charge in [0.1, 0.15) is 0 Å². The van der Waals surface area contributed by atoms with E-state index in [9.17, 15) is 13.2 Å². The van der Waals surface area contributed by atoms with Crippen molar-refractivity contribution in [2.45, 2.75) is 25.6 Å². The number of carbonyl (C=O) groups excluding carboxylic acids is 1. The molecule has 2 aromatic carbocycles. The SMILES string of the molecule is CC(=O)N1c2ccccc2N(S(=O)(=O)Cc2ccccc2)CC1C. The molecule has 1 unspecified atom stereocenters. The van der Waals surface area contributed by atoms with Crippen molar-refractivity contribution < 1.29 is 13.2 Å². The second-order valence-electron chi connectivity index (χ2n) is 6.00. The maximum atomic E-state index is 13.0. The zero-order valence-corrected chi connectivity index (χ0v) is 14.5. The Bertz CT molecular complexity index is 850. The molecule has 126 valence electrons. The molecule has 1 heterocycles. The number of amides is 1. The lowest BCUT2D eigenvalue weighted by Crippen LogP contribution is -2.51. The fourth-order valence-corrected chi connectivity index (χ4v) is 4.81. The largest absolute Gasteiger partial charge is 0.306 e. The number of hydrogen-bond acceptors (Lipinski definition) is 3. The maximum absolute atomic E-state index is 13.0. The molecule has 6 heteroatoms. The van der Waals surface area contributed by atoms with Crippen LogP contribution in [0.1, 0.15) is 19.4 Å². The van der Waals surface area contributed by atoms with Gasteiger partial charge in [0.05, 0.1) is 29.7 Å². The topological polar surface area (TPSA) is 57.7 Å². The quantitative estimate of drug-likeness (QED) is 0.860. The third-order valence-electron chi connectivity index (χ3n) is 4.15. The van der Waals surface area contributed by atoms with Crippen LogP contribution < -0.4 is 9.21 Å². The first kappa shape index (κ1) is 16.5. The normalized spacial score (nSPS) is 17.5. The number of rotatable bonds is 3. The first-order valence-corrected chi connectivity index (χ1v) is 9.44. The fraction of sp³-hybridized carbons (Fsp3) is 0.278. The van der Waals surface area contributed by atoms with Crippen molar-refractivity contribution in [3.05, 3.63) is 60.2 Å². The standard InChI is InChI=1S/C18H20N2O3S/c1-14-12-19(24(22,23)13-16-8-4-3-5-9-16)17-10-6-7-11-18(17)20(14)15(2)21/h3-11,14H,12-13H2,1-2H3. The molecule has 0 radical (unpaired) electrons. The summed E-state index contributed by atoms with van der Waals surface area (Å²) in [6, 6.07) is 16.0. The smallest absolute Gasteiger partial charge is 0.239 e. The molecule has 1 aliphatic rings. The van der Waals surface area contributed by atoms with Crippen LogP contribution in [0.15, 0.2) is 54.6 Å². The molecule has 0 bridgehead atoms. The lowest BCUT2D eigenvalue weighted by molar-refractivity contribution is -0.117. The first-order valence-electron chi connectivity index (χ1n) is 7.83. The van der Waals surface area contributed by atoms with Crippen molar-refractivity contribution in [1.29, 1.82) is 0 Å². The van der Waals surface area contributed by atoms with E-state index in [-0.39, 0.29) is 24.2 Å². The zero-order chi connectivity index (χ0) is 17.3. The number of benzene rings is 2. The predicted octanol–water partition coefficient (Wildman–Crippen LogP) is 2.78. The van der Waals surface area contributed by atoms with Crippen LogP contribution in [-0.2, 0) is 20.6 Å². The van der Waals surface area contributed by atoms with Crippen LogP contribution in [0.25, 0.3) is 0 Å². The minimum Gasteiger partial charge on any atom is -0.306 e. The predicted molar refractivity (Wildman–Crippen MR) is 95.5 cm³/mol. The minimum absolute atomic E-state index is 0.0605. The van der Waals surface area contributed by atoms with Gasteiger partial charge in [-0.15, -0.1) is 0 Å². The highest BCUT2D eigenvalue weighted by Gasteiger charge is 2.35. The number of para-hydroxylation sites is 2. The van der Waals surface area contributed by atoms with E-state index in [1.54, 1.807) is 35.2 Å². The van der Waals surface area contributed by atoms with Crippen molar-refractivity contribution in [2.75, 3.05) is 15.7 Å². The van der Waals surface area contributed by atoms with Gasteiger partial charge in [0.2, 0.25) is 15.9 Å². The van der Waals surface area contributed by atoms with Gasteiger partial charge in [-0.3, -0.25) is 9.10 Å². The summed E-state index contributed by atoms with van der Waals surface area (Å²) in [5, 5.41) is 0. The van der Waals surface area contributed by atoms with E-state index < -0.39 is 10.0 Å². The average Bonchev–Trinajstić information content (AvgIpc) is 2.54. The van der Waals surface area contributed by atoms with Crippen molar-refractivity contribution in [3.8, 4) is 0 Å². The van der Waals surface area contributed by atoms with Crippen molar-refractivity contribution >= 4 is 27.3 Å². The van der Waals surface area contributed by atoms with E-state index in [2.05, 4.69) is 0 Å². The van der Waals surface area contributed by atoms with Crippen molar-refractivity contribution in [2.24, 2.45) is 0 Å². The third kappa shape index (κ3) is 3.01. The molecule has 1 aliphatic heterocycles. The Balaban J connectivity index is 2.02. The Hall–Kier alpha value is -2.34. The zero-order valence-electron chi connectivity index (χ0n) is 13.7. The summed E-state index contributed by atoms with van der Waals surface area (Å²) in [5.41, 5.74) is 1.94. The molecule has 0 aliphatic carbocycles. The average molecular weight is 344 g/mol. The van der Waals surface area contributed by atoms with E-state index >= 15 is 0 Å². The second-order valence-corrected chi connectivity index (χ2v) is 7.89. The van der Waals surface area contributed by atoms with Gasteiger partial charge in [0.15, 0.2) is 0 Å². The molecule has 0 saturated heterocycles. The van der Waals surface area contributed by atoms with Crippen LogP contribution in [0.3, 0.4) is 0 Å². The number of nitrogens with zero attached hydrogens (tertiary/aromatic N) is 2. The Morgan fingerprint density at radius 3 is 2.25 bits per heavy atom. The summed E-state index contributed by atoms with van der Waals surface area (Å²) in [5.74, 6) is -0.148. The highest BCUT2D eigenvalue weighted by atomic mass is 32.2. The van der Waals surface area contributed by atoms with E-state index in [4.69, 9.17) is 0 Å². The Morgan fingerprint density at radius 2 is 1.62 bits per heavy atom. The van der Waals surface area contributed by atoms with Gasteiger partial charge in [0.25, 0.3) is 0 Å². The summed E-state index contributed by atoms with van der Waals surface area (Å²) in [6.45, 7) is 3.62. The number of carbonyl (C=O) groups is 1. The van der Waals surface area contributed by atoms with Crippen LogP contribution in [0.4, 0.5) is 11.4 Å². The van der Waals surface area contributed by atoms with E-state index in [1.165, 1.54) is 11.2 Å². The Kier molecular flexibility index (Phi) is 4.32. The maximum Gasteiger partial charge on any atom is 0.239 e. The van der Waals surface area contributed by atoms with Crippen LogP contribution >= 0.6 is 0 Å². The van der Waals surface area contributed by atoms with Crippen LogP contribution in [0.5, 0.6) is 0 Å². The van der Waals surface area contributed by atoms with E-state index in [1.807, 2.05) is 31.2 Å². The minimum atomic E-state index is -3.54. The van der Waals surface area contributed by atoms with E-state index in [0.717, 1.165) is 5.56 Å². The molecular weight excluding hydrogens is 324 g/mol. The molecular formula is C18H20N2O3S. The Labute approximate surface area is 142 Å². The molecule has 0 spiro atoms. The molecule has 0 aromatic heterocycles. The number of anilines is 2. The Morgan fingerprint density at radius 1 is 1.04 bits per heavy atom. The first-order chi connectivity index (χ1) is 11.4. The lowest BCUT2D eigenvalue weighted by Gasteiger charge is -2.41. The molecule has 3 rings (SSSR count). The molecule has 24 heavy (non-hydrogen) atoms. The number of hydrogen-bond donors (Lipinski definition) is 0. The molecule has 5 nitrogen and oxygen atoms in total. The lowest BCUT2D eigenvalue weighted by atomic mass is 10.1. The van der Waals surface area contributed by atoms with Gasteiger partial charge < -0.3 is 4.90 Å². The molecule has 0 N–H and O–H groups in total. The summed E-state index contributed by atoms with van der Waals surface area (Å²) >= 11 is 0. The molecule has 0 fully saturated rings. The molecule has 0 saturated carbocycles. The molecule has 1 atom stereocenters. The van der Waals surface area contributed by atoms with Gasteiger partial charge in [0, 0.05) is 6.92 Å². The van der Waals surface area contributed by atoms with Gasteiger partial charge >= 0.3 is 0 Å². The third-order valence-corrected chi connectivity index (χ3v) is 5.86. The fourth-order valence-electron chi connectivity index (χ4n) is 3.14. The number of fused-ring (bicyclic) bond motifs is 1. The van der Waals surface area contributed by atoms with Gasteiger partial charge in [-0.05, 0) is 24.6 Å². The van der Waals surface area contributed by atoms with Crippen LogP contribution in [-0.4, -0.2) is 26.9 Å². The summed E-state index contributed by atoms with van der Waals surface area (Å²) in [6.07, 6.45) is 0. The highest BCUT2D eigenvalue weighted by Crippen LogP contribution is 2.37. The van der Waals surface area contributed by atoms with Gasteiger partial charge in [-0.1, -0.05) is 42.5 Å². The number of sulfonamides is 1. The summed E-state index contributed by atoms with van der Waals surface area (Å²) in [7, 11) is -3.54. The van der Waals surface area contributed by atoms with Crippen molar-refractivity contribution in [3.63, 3.8) is 0 Å². The summed E-state index contributed by atoms with van der Waals surface area (Å²) in [4.78, 5) is 13.6.